The van der Waals surface area contributed by atoms with Crippen molar-refractivity contribution in [2.45, 2.75) is 59.4 Å². The highest BCUT2D eigenvalue weighted by Gasteiger charge is 2.35. The number of hydrogen-bond donors (Lipinski definition) is 1. The van der Waals surface area contributed by atoms with Crippen LogP contribution in [-0.4, -0.2) is 11.9 Å². The molecule has 1 amide bonds. The van der Waals surface area contributed by atoms with Crippen molar-refractivity contribution in [2.24, 2.45) is 17.3 Å². The Hall–Kier alpha value is -1.04. The lowest BCUT2D eigenvalue weighted by molar-refractivity contribution is -0.129. The first-order valence-corrected chi connectivity index (χ1v) is 6.65. The topological polar surface area (TPSA) is 52.9 Å². The Morgan fingerprint density at radius 2 is 2.12 bits per heavy atom. The van der Waals surface area contributed by atoms with Gasteiger partial charge in [-0.1, -0.05) is 20.8 Å². The van der Waals surface area contributed by atoms with Crippen LogP contribution in [0.5, 0.6) is 0 Å². The summed E-state index contributed by atoms with van der Waals surface area (Å²) in [7, 11) is 0. The molecule has 0 aromatic carbocycles. The van der Waals surface area contributed by atoms with E-state index < -0.39 is 5.41 Å². The van der Waals surface area contributed by atoms with Crippen LogP contribution in [-0.2, 0) is 4.79 Å². The van der Waals surface area contributed by atoms with Crippen LogP contribution in [0.4, 0.5) is 0 Å². The number of nitrogens with one attached hydrogen (secondary N) is 1. The fourth-order valence-electron chi connectivity index (χ4n) is 2.50. The molecule has 1 rings (SSSR count). The average molecular weight is 236 g/mol. The molecule has 0 aliphatic heterocycles. The minimum atomic E-state index is -0.872. The Kier molecular flexibility index (Phi) is 4.56. The van der Waals surface area contributed by atoms with Gasteiger partial charge in [-0.2, -0.15) is 5.26 Å². The third kappa shape index (κ3) is 3.21. The van der Waals surface area contributed by atoms with Crippen LogP contribution in [0.2, 0.25) is 0 Å². The van der Waals surface area contributed by atoms with Crippen LogP contribution in [0.1, 0.15) is 53.4 Å². The van der Waals surface area contributed by atoms with Crippen LogP contribution in [0, 0.1) is 28.6 Å². The first-order chi connectivity index (χ1) is 7.92. The fraction of sp³-hybridized carbons (Fsp3) is 0.857. The Labute approximate surface area is 105 Å². The molecule has 96 valence electrons. The number of carbonyl (C=O) groups excluding carboxylic acids is 1. The highest BCUT2D eigenvalue weighted by Crippen LogP contribution is 2.29. The van der Waals surface area contributed by atoms with Crippen molar-refractivity contribution in [3.8, 4) is 6.07 Å². The van der Waals surface area contributed by atoms with Gasteiger partial charge in [-0.3, -0.25) is 4.79 Å². The molecule has 0 aromatic heterocycles. The van der Waals surface area contributed by atoms with Gasteiger partial charge in [-0.25, -0.2) is 0 Å². The Bertz CT molecular complexity index is 321. The highest BCUT2D eigenvalue weighted by molar-refractivity contribution is 5.85. The molecule has 17 heavy (non-hydrogen) atoms. The van der Waals surface area contributed by atoms with E-state index in [1.807, 2.05) is 6.92 Å². The first kappa shape index (κ1) is 14.0. The van der Waals surface area contributed by atoms with Crippen LogP contribution < -0.4 is 5.32 Å². The zero-order chi connectivity index (χ0) is 13.1. The van der Waals surface area contributed by atoms with Crippen LogP contribution in [0.25, 0.3) is 0 Å². The molecule has 1 aliphatic carbocycles. The van der Waals surface area contributed by atoms with Crippen LogP contribution in [0.15, 0.2) is 0 Å². The van der Waals surface area contributed by atoms with Gasteiger partial charge in [0.15, 0.2) is 0 Å². The maximum absolute atomic E-state index is 12.1. The monoisotopic (exact) mass is 236 g/mol. The highest BCUT2D eigenvalue weighted by atomic mass is 16.2. The first-order valence-electron chi connectivity index (χ1n) is 6.65. The van der Waals surface area contributed by atoms with Gasteiger partial charge in [-0.05, 0) is 44.4 Å². The number of nitriles is 1. The van der Waals surface area contributed by atoms with E-state index >= 15 is 0 Å². The summed E-state index contributed by atoms with van der Waals surface area (Å²) in [5.41, 5.74) is -0.872. The zero-order valence-electron chi connectivity index (χ0n) is 11.4. The number of carbonyl (C=O) groups is 1. The minimum absolute atomic E-state index is 0.103. The number of nitrogens with zero attached hydrogens (tertiary/aromatic N) is 1. The molecule has 4 atom stereocenters. The van der Waals surface area contributed by atoms with Crippen LogP contribution >= 0.6 is 0 Å². The summed E-state index contributed by atoms with van der Waals surface area (Å²) in [5, 5.41) is 12.2. The summed E-state index contributed by atoms with van der Waals surface area (Å²) >= 11 is 0. The summed E-state index contributed by atoms with van der Waals surface area (Å²) in [6, 6.07) is 2.38. The lowest BCUT2D eigenvalue weighted by Gasteiger charge is -2.34. The van der Waals surface area contributed by atoms with Gasteiger partial charge in [0, 0.05) is 6.04 Å². The van der Waals surface area contributed by atoms with Crippen molar-refractivity contribution >= 4 is 5.91 Å². The van der Waals surface area contributed by atoms with Gasteiger partial charge in [0.25, 0.3) is 0 Å². The smallest absolute Gasteiger partial charge is 0.240 e. The second kappa shape index (κ2) is 5.53. The molecule has 0 saturated heterocycles. The molecule has 0 aromatic rings. The molecule has 1 N–H and O–H groups in total. The summed E-state index contributed by atoms with van der Waals surface area (Å²) in [4.78, 5) is 12.1. The maximum atomic E-state index is 12.1. The Morgan fingerprint density at radius 1 is 1.47 bits per heavy atom. The molecule has 0 spiro atoms. The van der Waals surface area contributed by atoms with Crippen molar-refractivity contribution in [2.75, 3.05) is 0 Å². The van der Waals surface area contributed by atoms with E-state index in [4.69, 9.17) is 5.26 Å². The molecular weight excluding hydrogens is 212 g/mol. The summed E-state index contributed by atoms with van der Waals surface area (Å²) in [6.45, 7) is 8.06. The summed E-state index contributed by atoms with van der Waals surface area (Å²) in [5.74, 6) is 1.17. The molecule has 3 nitrogen and oxygen atoms in total. The lowest BCUT2D eigenvalue weighted by Crippen LogP contribution is -2.47. The van der Waals surface area contributed by atoms with E-state index in [-0.39, 0.29) is 11.9 Å². The maximum Gasteiger partial charge on any atom is 0.240 e. The van der Waals surface area contributed by atoms with E-state index in [1.54, 1.807) is 6.92 Å². The zero-order valence-corrected chi connectivity index (χ0v) is 11.4. The number of rotatable bonds is 3. The molecule has 3 heteroatoms. The standard InChI is InChI=1S/C14H24N2O/c1-5-14(4,9-15)13(17)16-12-7-6-10(2)8-11(12)3/h10-12H,5-8H2,1-4H3,(H,16,17). The molecule has 4 unspecified atom stereocenters. The van der Waals surface area contributed by atoms with Crippen molar-refractivity contribution in [1.29, 1.82) is 5.26 Å². The minimum Gasteiger partial charge on any atom is -0.352 e. The molecule has 0 bridgehead atoms. The van der Waals surface area contributed by atoms with Gasteiger partial charge in [0.05, 0.1) is 6.07 Å². The Balaban J connectivity index is 2.60. The Morgan fingerprint density at radius 3 is 2.59 bits per heavy atom. The van der Waals surface area contributed by atoms with E-state index in [1.165, 1.54) is 12.8 Å². The number of amides is 1. The van der Waals surface area contributed by atoms with E-state index in [9.17, 15) is 4.79 Å². The molecular formula is C14H24N2O. The van der Waals surface area contributed by atoms with E-state index in [2.05, 4.69) is 25.2 Å². The lowest BCUT2D eigenvalue weighted by atomic mass is 9.79. The largest absolute Gasteiger partial charge is 0.352 e. The molecule has 1 saturated carbocycles. The molecule has 0 heterocycles. The summed E-state index contributed by atoms with van der Waals surface area (Å²) < 4.78 is 0. The average Bonchev–Trinajstić information content (AvgIpc) is 2.31. The van der Waals surface area contributed by atoms with Gasteiger partial charge in [0.1, 0.15) is 5.41 Å². The summed E-state index contributed by atoms with van der Waals surface area (Å²) in [6.07, 6.45) is 3.94. The van der Waals surface area contributed by atoms with E-state index in [0.717, 1.165) is 12.3 Å². The van der Waals surface area contributed by atoms with E-state index in [0.29, 0.717) is 12.3 Å². The predicted octanol–water partition coefficient (Wildman–Crippen LogP) is 2.87. The molecule has 1 aliphatic rings. The SMILES string of the molecule is CCC(C)(C#N)C(=O)NC1CCC(C)CC1C. The number of hydrogen-bond acceptors (Lipinski definition) is 2. The predicted molar refractivity (Wildman–Crippen MR) is 68.1 cm³/mol. The van der Waals surface area contributed by atoms with Crippen molar-refractivity contribution in [3.63, 3.8) is 0 Å². The van der Waals surface area contributed by atoms with Crippen molar-refractivity contribution in [1.82, 2.24) is 5.32 Å². The van der Waals surface area contributed by atoms with Crippen LogP contribution in [0.3, 0.4) is 0 Å². The third-order valence-corrected chi connectivity index (χ3v) is 4.20. The third-order valence-electron chi connectivity index (χ3n) is 4.20. The van der Waals surface area contributed by atoms with Gasteiger partial charge >= 0.3 is 0 Å². The normalized spacial score (nSPS) is 32.3. The van der Waals surface area contributed by atoms with Crippen molar-refractivity contribution in [3.05, 3.63) is 0 Å². The van der Waals surface area contributed by atoms with Gasteiger partial charge < -0.3 is 5.32 Å². The quantitative estimate of drug-likeness (QED) is 0.819. The second-order valence-corrected chi connectivity index (χ2v) is 5.77. The molecule has 1 fully saturated rings. The second-order valence-electron chi connectivity index (χ2n) is 5.77. The van der Waals surface area contributed by atoms with Gasteiger partial charge in [0.2, 0.25) is 5.91 Å². The van der Waals surface area contributed by atoms with Crippen molar-refractivity contribution < 1.29 is 4.79 Å². The fourth-order valence-corrected chi connectivity index (χ4v) is 2.50. The molecule has 0 radical (unpaired) electrons. The van der Waals surface area contributed by atoms with Gasteiger partial charge in [-0.15, -0.1) is 0 Å².